The first-order valence-electron chi connectivity index (χ1n) is 8.41. The van der Waals surface area contributed by atoms with Crippen LogP contribution >= 0.6 is 11.3 Å². The Balaban J connectivity index is 2.33. The number of amides is 2. The Kier molecular flexibility index (Phi) is 6.36. The van der Waals surface area contributed by atoms with E-state index in [1.165, 1.54) is 0 Å². The summed E-state index contributed by atoms with van der Waals surface area (Å²) in [5.41, 5.74) is 5.76. The molecule has 8 nitrogen and oxygen atoms in total. The number of aliphatic carboxylic acids is 1. The van der Waals surface area contributed by atoms with E-state index in [0.29, 0.717) is 18.4 Å². The number of nitrogens with one attached hydrogen (secondary N) is 1. The molecule has 0 aliphatic heterocycles. The van der Waals surface area contributed by atoms with Crippen LogP contribution in [0.25, 0.3) is 0 Å². The molecule has 1 fully saturated rings. The first-order chi connectivity index (χ1) is 12.3. The van der Waals surface area contributed by atoms with Gasteiger partial charge in [-0.25, -0.2) is 4.79 Å². The first-order valence-corrected chi connectivity index (χ1v) is 9.23. The van der Waals surface area contributed by atoms with Crippen molar-refractivity contribution >= 4 is 40.1 Å². The summed E-state index contributed by atoms with van der Waals surface area (Å²) in [4.78, 5) is 48.1. The van der Waals surface area contributed by atoms with Gasteiger partial charge in [0.2, 0.25) is 5.91 Å². The van der Waals surface area contributed by atoms with E-state index in [0.717, 1.165) is 24.2 Å². The van der Waals surface area contributed by atoms with E-state index in [-0.39, 0.29) is 22.0 Å². The van der Waals surface area contributed by atoms with Gasteiger partial charge in [0.05, 0.1) is 28.9 Å². The van der Waals surface area contributed by atoms with Crippen LogP contribution in [-0.2, 0) is 14.3 Å². The number of carbonyl (C=O) groups excluding carboxylic acids is 3. The summed E-state index contributed by atoms with van der Waals surface area (Å²) < 4.78 is 5.00. The molecule has 1 aromatic rings. The SMILES string of the molecule is CCOC(=O)c1c(NC(=O)[C@@H]2CCCC[C@H]2C(=O)O)sc(C(N)=O)c1C. The number of esters is 1. The Labute approximate surface area is 154 Å². The highest BCUT2D eigenvalue weighted by Crippen LogP contribution is 2.36. The maximum absolute atomic E-state index is 12.7. The molecule has 1 saturated carbocycles. The zero-order chi connectivity index (χ0) is 19.4. The van der Waals surface area contributed by atoms with Crippen LogP contribution in [0, 0.1) is 18.8 Å². The van der Waals surface area contributed by atoms with Gasteiger partial charge in [-0.3, -0.25) is 14.4 Å². The third-order valence-corrected chi connectivity index (χ3v) is 5.73. The minimum atomic E-state index is -1.00. The third-order valence-electron chi connectivity index (χ3n) is 4.51. The smallest absolute Gasteiger partial charge is 0.341 e. The van der Waals surface area contributed by atoms with Gasteiger partial charge in [-0.2, -0.15) is 0 Å². The van der Waals surface area contributed by atoms with Crippen LogP contribution in [0.15, 0.2) is 0 Å². The molecule has 4 N–H and O–H groups in total. The second-order valence-corrected chi connectivity index (χ2v) is 7.19. The highest BCUT2D eigenvalue weighted by molar-refractivity contribution is 7.18. The van der Waals surface area contributed by atoms with Crippen molar-refractivity contribution in [3.05, 3.63) is 16.0 Å². The molecule has 0 bridgehead atoms. The number of carbonyl (C=O) groups is 4. The van der Waals surface area contributed by atoms with Crippen LogP contribution in [0.4, 0.5) is 5.00 Å². The number of nitrogens with two attached hydrogens (primary N) is 1. The molecule has 2 amide bonds. The predicted octanol–water partition coefficient (Wildman–Crippen LogP) is 2.16. The van der Waals surface area contributed by atoms with Crippen LogP contribution in [0.2, 0.25) is 0 Å². The second-order valence-electron chi connectivity index (χ2n) is 6.17. The Morgan fingerprint density at radius 3 is 2.38 bits per heavy atom. The molecule has 2 atom stereocenters. The van der Waals surface area contributed by atoms with Gasteiger partial charge in [-0.05, 0) is 32.3 Å². The van der Waals surface area contributed by atoms with Crippen LogP contribution in [-0.4, -0.2) is 35.5 Å². The minimum Gasteiger partial charge on any atom is -0.481 e. The fraction of sp³-hybridized carbons (Fsp3) is 0.529. The summed E-state index contributed by atoms with van der Waals surface area (Å²) in [6, 6.07) is 0. The predicted molar refractivity (Wildman–Crippen MR) is 95.2 cm³/mol. The maximum atomic E-state index is 12.7. The Bertz CT molecular complexity index is 742. The van der Waals surface area contributed by atoms with Gasteiger partial charge < -0.3 is 20.9 Å². The van der Waals surface area contributed by atoms with Crippen LogP contribution in [0.5, 0.6) is 0 Å². The zero-order valence-electron chi connectivity index (χ0n) is 14.7. The molecule has 142 valence electrons. The standard InChI is InChI=1S/C17H22N2O6S/c1-3-25-17(24)11-8(2)12(13(18)20)26-15(11)19-14(21)9-6-4-5-7-10(9)16(22)23/h9-10H,3-7H2,1-2H3,(H2,18,20)(H,19,21)(H,22,23)/t9-,10-/m1/s1. The van der Waals surface area contributed by atoms with E-state index in [9.17, 15) is 24.3 Å². The molecule has 9 heteroatoms. The highest BCUT2D eigenvalue weighted by atomic mass is 32.1. The largest absolute Gasteiger partial charge is 0.481 e. The molecule has 1 aliphatic carbocycles. The van der Waals surface area contributed by atoms with Crippen molar-refractivity contribution in [1.82, 2.24) is 0 Å². The minimum absolute atomic E-state index is 0.0849. The molecular weight excluding hydrogens is 360 g/mol. The second kappa shape index (κ2) is 8.31. The summed E-state index contributed by atoms with van der Waals surface area (Å²) in [6.07, 6.45) is 2.43. The zero-order valence-corrected chi connectivity index (χ0v) is 15.5. The molecule has 0 unspecified atom stereocenters. The number of primary amides is 1. The number of thiophene rings is 1. The third kappa shape index (κ3) is 4.04. The lowest BCUT2D eigenvalue weighted by molar-refractivity contribution is -0.147. The van der Waals surface area contributed by atoms with E-state index < -0.39 is 35.6 Å². The summed E-state index contributed by atoms with van der Waals surface area (Å²) in [5, 5.41) is 12.1. The fourth-order valence-corrected chi connectivity index (χ4v) is 4.28. The number of carboxylic acid groups (broad SMARTS) is 1. The number of hydrogen-bond acceptors (Lipinski definition) is 6. The number of carboxylic acids is 1. The lowest BCUT2D eigenvalue weighted by Gasteiger charge is -2.27. The van der Waals surface area contributed by atoms with Gasteiger partial charge in [0.15, 0.2) is 0 Å². The quantitative estimate of drug-likeness (QED) is 0.645. The van der Waals surface area contributed by atoms with E-state index in [4.69, 9.17) is 10.5 Å². The number of rotatable bonds is 6. The van der Waals surface area contributed by atoms with Crippen molar-refractivity contribution in [3.8, 4) is 0 Å². The maximum Gasteiger partial charge on any atom is 0.341 e. The van der Waals surface area contributed by atoms with Crippen molar-refractivity contribution in [2.45, 2.75) is 39.5 Å². The molecule has 1 heterocycles. The van der Waals surface area contributed by atoms with Gasteiger partial charge >= 0.3 is 11.9 Å². The monoisotopic (exact) mass is 382 g/mol. The molecule has 26 heavy (non-hydrogen) atoms. The van der Waals surface area contributed by atoms with Gasteiger partial charge in [0.25, 0.3) is 5.91 Å². The van der Waals surface area contributed by atoms with Crippen molar-refractivity contribution in [3.63, 3.8) is 0 Å². The van der Waals surface area contributed by atoms with Gasteiger partial charge in [0, 0.05) is 0 Å². The molecular formula is C17H22N2O6S. The fourth-order valence-electron chi connectivity index (χ4n) is 3.23. The van der Waals surface area contributed by atoms with Crippen molar-refractivity contribution in [2.24, 2.45) is 17.6 Å². The Hall–Kier alpha value is -2.42. The van der Waals surface area contributed by atoms with Crippen LogP contribution in [0.3, 0.4) is 0 Å². The molecule has 1 aliphatic rings. The molecule has 0 aromatic carbocycles. The number of hydrogen-bond donors (Lipinski definition) is 3. The highest BCUT2D eigenvalue weighted by Gasteiger charge is 2.37. The summed E-state index contributed by atoms with van der Waals surface area (Å²) in [5.74, 6) is -4.29. The number of anilines is 1. The lowest BCUT2D eigenvalue weighted by Crippen LogP contribution is -2.36. The molecule has 0 radical (unpaired) electrons. The average molecular weight is 382 g/mol. The van der Waals surface area contributed by atoms with E-state index in [2.05, 4.69) is 5.32 Å². The van der Waals surface area contributed by atoms with Gasteiger partial charge in [0.1, 0.15) is 5.00 Å². The summed E-state index contributed by atoms with van der Waals surface area (Å²) in [7, 11) is 0. The van der Waals surface area contributed by atoms with Crippen molar-refractivity contribution in [1.29, 1.82) is 0 Å². The topological polar surface area (TPSA) is 136 Å². The lowest BCUT2D eigenvalue weighted by atomic mass is 9.79. The van der Waals surface area contributed by atoms with E-state index in [1.54, 1.807) is 13.8 Å². The Morgan fingerprint density at radius 1 is 1.23 bits per heavy atom. The summed E-state index contributed by atoms with van der Waals surface area (Å²) in [6.45, 7) is 3.34. The molecule has 1 aromatic heterocycles. The van der Waals surface area contributed by atoms with Crippen molar-refractivity contribution in [2.75, 3.05) is 11.9 Å². The number of ether oxygens (including phenoxy) is 1. The summed E-state index contributed by atoms with van der Waals surface area (Å²) >= 11 is 0.896. The normalized spacial score (nSPS) is 19.6. The Morgan fingerprint density at radius 2 is 1.85 bits per heavy atom. The van der Waals surface area contributed by atoms with Crippen molar-refractivity contribution < 1.29 is 29.0 Å². The van der Waals surface area contributed by atoms with Crippen LogP contribution < -0.4 is 11.1 Å². The van der Waals surface area contributed by atoms with E-state index in [1.807, 2.05) is 0 Å². The average Bonchev–Trinajstić information content (AvgIpc) is 2.91. The van der Waals surface area contributed by atoms with Gasteiger partial charge in [-0.1, -0.05) is 12.8 Å². The molecule has 2 rings (SSSR count). The van der Waals surface area contributed by atoms with Gasteiger partial charge in [-0.15, -0.1) is 11.3 Å². The first kappa shape index (κ1) is 19.9. The van der Waals surface area contributed by atoms with E-state index >= 15 is 0 Å². The molecule has 0 spiro atoms. The van der Waals surface area contributed by atoms with Crippen LogP contribution in [0.1, 0.15) is 58.2 Å². The molecule has 0 saturated heterocycles.